The highest BCUT2D eigenvalue weighted by atomic mass is 16.5. The van der Waals surface area contributed by atoms with Gasteiger partial charge in [0.05, 0.1) is 6.61 Å². The van der Waals surface area contributed by atoms with Gasteiger partial charge in [-0.1, -0.05) is 13.8 Å². The highest BCUT2D eigenvalue weighted by Gasteiger charge is 2.18. The van der Waals surface area contributed by atoms with Crippen LogP contribution in [0.15, 0.2) is 0 Å². The molecule has 0 aliphatic carbocycles. The standard InChI is InChI=1S/C12H26N2O/c1-11(2)9-14(6-7-15-3)10-12-4-5-13-8-12/h11-13H,4-10H2,1-3H3. The first kappa shape index (κ1) is 12.9. The second-order valence-electron chi connectivity index (χ2n) is 5.01. The molecule has 1 saturated heterocycles. The third-order valence-corrected chi connectivity index (χ3v) is 2.91. The van der Waals surface area contributed by atoms with Crippen LogP contribution in [0, 0.1) is 11.8 Å². The predicted octanol–water partition coefficient (Wildman–Crippen LogP) is 1.20. The lowest BCUT2D eigenvalue weighted by molar-refractivity contribution is 0.130. The summed E-state index contributed by atoms with van der Waals surface area (Å²) >= 11 is 0. The highest BCUT2D eigenvalue weighted by Crippen LogP contribution is 2.11. The Hall–Kier alpha value is -0.120. The van der Waals surface area contributed by atoms with E-state index in [0.29, 0.717) is 0 Å². The number of hydrogen-bond acceptors (Lipinski definition) is 3. The average molecular weight is 214 g/mol. The van der Waals surface area contributed by atoms with E-state index >= 15 is 0 Å². The van der Waals surface area contributed by atoms with E-state index in [9.17, 15) is 0 Å². The van der Waals surface area contributed by atoms with Crippen LogP contribution in [-0.4, -0.2) is 51.3 Å². The minimum absolute atomic E-state index is 0.746. The molecule has 0 spiro atoms. The quantitative estimate of drug-likeness (QED) is 0.689. The summed E-state index contributed by atoms with van der Waals surface area (Å²) in [6, 6.07) is 0. The van der Waals surface area contributed by atoms with Crippen molar-refractivity contribution in [1.82, 2.24) is 10.2 Å². The van der Waals surface area contributed by atoms with Gasteiger partial charge in [0.25, 0.3) is 0 Å². The summed E-state index contributed by atoms with van der Waals surface area (Å²) in [7, 11) is 1.78. The van der Waals surface area contributed by atoms with E-state index in [4.69, 9.17) is 4.74 Å². The van der Waals surface area contributed by atoms with E-state index in [-0.39, 0.29) is 0 Å². The van der Waals surface area contributed by atoms with Crippen molar-refractivity contribution in [1.29, 1.82) is 0 Å². The summed E-state index contributed by atoms with van der Waals surface area (Å²) < 4.78 is 5.16. The van der Waals surface area contributed by atoms with Gasteiger partial charge >= 0.3 is 0 Å². The molecule has 1 N–H and O–H groups in total. The molecule has 3 heteroatoms. The van der Waals surface area contributed by atoms with E-state index in [1.54, 1.807) is 7.11 Å². The first-order valence-electron chi connectivity index (χ1n) is 6.14. The summed E-state index contributed by atoms with van der Waals surface area (Å²) in [5.74, 6) is 1.59. The lowest BCUT2D eigenvalue weighted by atomic mass is 10.1. The minimum Gasteiger partial charge on any atom is -0.383 e. The van der Waals surface area contributed by atoms with Crippen LogP contribution in [0.3, 0.4) is 0 Å². The molecule has 1 fully saturated rings. The molecular weight excluding hydrogens is 188 g/mol. The summed E-state index contributed by atoms with van der Waals surface area (Å²) in [4.78, 5) is 2.55. The number of hydrogen-bond donors (Lipinski definition) is 1. The van der Waals surface area contributed by atoms with Gasteiger partial charge in [-0.2, -0.15) is 0 Å². The van der Waals surface area contributed by atoms with Crippen LogP contribution in [0.1, 0.15) is 20.3 Å². The topological polar surface area (TPSA) is 24.5 Å². The fourth-order valence-electron chi connectivity index (χ4n) is 2.23. The van der Waals surface area contributed by atoms with Gasteiger partial charge in [-0.05, 0) is 31.3 Å². The maximum Gasteiger partial charge on any atom is 0.0589 e. The van der Waals surface area contributed by atoms with E-state index in [0.717, 1.165) is 25.0 Å². The first-order valence-corrected chi connectivity index (χ1v) is 6.14. The number of ether oxygens (including phenoxy) is 1. The second-order valence-corrected chi connectivity index (χ2v) is 5.01. The minimum atomic E-state index is 0.746. The Labute approximate surface area is 94.2 Å². The third-order valence-electron chi connectivity index (χ3n) is 2.91. The lowest BCUT2D eigenvalue weighted by Crippen LogP contribution is -2.35. The molecule has 1 atom stereocenters. The molecule has 0 amide bonds. The van der Waals surface area contributed by atoms with Crippen LogP contribution in [0.4, 0.5) is 0 Å². The smallest absolute Gasteiger partial charge is 0.0589 e. The van der Waals surface area contributed by atoms with Crippen LogP contribution < -0.4 is 5.32 Å². The zero-order valence-electron chi connectivity index (χ0n) is 10.5. The Balaban J connectivity index is 2.26. The molecule has 3 nitrogen and oxygen atoms in total. The Morgan fingerprint density at radius 2 is 2.27 bits per heavy atom. The fourth-order valence-corrected chi connectivity index (χ4v) is 2.23. The van der Waals surface area contributed by atoms with Crippen molar-refractivity contribution in [3.63, 3.8) is 0 Å². The number of methoxy groups -OCH3 is 1. The van der Waals surface area contributed by atoms with Gasteiger partial charge in [-0.3, -0.25) is 0 Å². The van der Waals surface area contributed by atoms with Gasteiger partial charge in [-0.15, -0.1) is 0 Å². The van der Waals surface area contributed by atoms with Crippen LogP contribution in [-0.2, 0) is 4.74 Å². The summed E-state index contributed by atoms with van der Waals surface area (Å²) in [6.07, 6.45) is 1.33. The SMILES string of the molecule is COCCN(CC(C)C)CC1CCNC1. The van der Waals surface area contributed by atoms with Crippen molar-refractivity contribution in [2.45, 2.75) is 20.3 Å². The lowest BCUT2D eigenvalue weighted by Gasteiger charge is -2.26. The second kappa shape index (κ2) is 7.20. The van der Waals surface area contributed by atoms with Crippen molar-refractivity contribution in [2.24, 2.45) is 11.8 Å². The maximum atomic E-state index is 5.16. The molecule has 1 rings (SSSR count). The molecule has 1 heterocycles. The van der Waals surface area contributed by atoms with E-state index in [1.807, 2.05) is 0 Å². The Morgan fingerprint density at radius 1 is 1.47 bits per heavy atom. The van der Waals surface area contributed by atoms with Crippen molar-refractivity contribution >= 4 is 0 Å². The Morgan fingerprint density at radius 3 is 2.80 bits per heavy atom. The zero-order chi connectivity index (χ0) is 11.1. The molecule has 0 aromatic carbocycles. The van der Waals surface area contributed by atoms with E-state index in [2.05, 4.69) is 24.1 Å². The molecule has 1 aliphatic heterocycles. The van der Waals surface area contributed by atoms with Crippen LogP contribution >= 0.6 is 0 Å². The normalized spacial score (nSPS) is 21.8. The molecular formula is C12H26N2O. The first-order chi connectivity index (χ1) is 7.22. The van der Waals surface area contributed by atoms with Crippen molar-refractivity contribution < 1.29 is 4.74 Å². The predicted molar refractivity (Wildman–Crippen MR) is 64.1 cm³/mol. The molecule has 1 unspecified atom stereocenters. The third kappa shape index (κ3) is 5.50. The number of rotatable bonds is 7. The molecule has 0 aromatic heterocycles. The van der Waals surface area contributed by atoms with Gasteiger partial charge in [-0.25, -0.2) is 0 Å². The summed E-state index contributed by atoms with van der Waals surface area (Å²) in [5, 5.41) is 3.43. The van der Waals surface area contributed by atoms with Crippen molar-refractivity contribution in [3.05, 3.63) is 0 Å². The van der Waals surface area contributed by atoms with Crippen LogP contribution in [0.5, 0.6) is 0 Å². The molecule has 1 aliphatic rings. The molecule has 0 saturated carbocycles. The molecule has 0 bridgehead atoms. The Kier molecular flexibility index (Phi) is 6.22. The molecule has 0 aromatic rings. The highest BCUT2D eigenvalue weighted by molar-refractivity contribution is 4.75. The van der Waals surface area contributed by atoms with Gasteiger partial charge < -0.3 is 15.0 Å². The van der Waals surface area contributed by atoms with Gasteiger partial charge in [0, 0.05) is 26.7 Å². The largest absolute Gasteiger partial charge is 0.383 e. The van der Waals surface area contributed by atoms with Gasteiger partial charge in [0.1, 0.15) is 0 Å². The molecule has 90 valence electrons. The fraction of sp³-hybridized carbons (Fsp3) is 1.00. The van der Waals surface area contributed by atoms with E-state index in [1.165, 1.54) is 32.6 Å². The van der Waals surface area contributed by atoms with Crippen LogP contribution in [0.25, 0.3) is 0 Å². The number of nitrogens with one attached hydrogen (secondary N) is 1. The molecule has 0 radical (unpaired) electrons. The van der Waals surface area contributed by atoms with Crippen LogP contribution in [0.2, 0.25) is 0 Å². The number of nitrogens with zero attached hydrogens (tertiary/aromatic N) is 1. The summed E-state index contributed by atoms with van der Waals surface area (Å²) in [6.45, 7) is 11.3. The molecule has 15 heavy (non-hydrogen) atoms. The van der Waals surface area contributed by atoms with Gasteiger partial charge in [0.15, 0.2) is 0 Å². The maximum absolute atomic E-state index is 5.16. The van der Waals surface area contributed by atoms with Crippen molar-refractivity contribution in [2.75, 3.05) is 46.4 Å². The Bertz CT molecular complexity index is 156. The van der Waals surface area contributed by atoms with E-state index < -0.39 is 0 Å². The zero-order valence-corrected chi connectivity index (χ0v) is 10.5. The summed E-state index contributed by atoms with van der Waals surface area (Å²) in [5.41, 5.74) is 0. The average Bonchev–Trinajstić information content (AvgIpc) is 2.66. The monoisotopic (exact) mass is 214 g/mol. The van der Waals surface area contributed by atoms with Crippen molar-refractivity contribution in [3.8, 4) is 0 Å². The van der Waals surface area contributed by atoms with Gasteiger partial charge in [0.2, 0.25) is 0 Å².